The van der Waals surface area contributed by atoms with Gasteiger partial charge < -0.3 is 0 Å². The Labute approximate surface area is 93.7 Å². The van der Waals surface area contributed by atoms with E-state index in [1.807, 2.05) is 24.3 Å². The van der Waals surface area contributed by atoms with Crippen molar-refractivity contribution in [3.8, 4) is 0 Å². The summed E-state index contributed by atoms with van der Waals surface area (Å²) >= 11 is 3.39. The minimum atomic E-state index is 0.318. The standard InChI is InChI=1S/C12H15BrO/c1-9(2)6-12(14)8-10-4-3-5-11(13)7-10/h3-5,7,9H,6,8H2,1-2H3. The Balaban J connectivity index is 2.56. The predicted octanol–water partition coefficient (Wildman–Crippen LogP) is 3.61. The van der Waals surface area contributed by atoms with Crippen LogP contribution in [0.25, 0.3) is 0 Å². The van der Waals surface area contributed by atoms with Crippen LogP contribution in [0.5, 0.6) is 0 Å². The molecule has 0 unspecified atom stereocenters. The third-order valence-electron chi connectivity index (χ3n) is 1.93. The number of hydrogen-bond donors (Lipinski definition) is 0. The van der Waals surface area contributed by atoms with Gasteiger partial charge in [-0.05, 0) is 23.6 Å². The van der Waals surface area contributed by atoms with Crippen molar-refractivity contribution in [2.45, 2.75) is 26.7 Å². The largest absolute Gasteiger partial charge is 0.299 e. The van der Waals surface area contributed by atoms with Crippen molar-refractivity contribution in [3.05, 3.63) is 34.3 Å². The molecule has 0 N–H and O–H groups in total. The number of carbonyl (C=O) groups excluding carboxylic acids is 1. The Morgan fingerprint density at radius 3 is 2.71 bits per heavy atom. The number of halogens is 1. The summed E-state index contributed by atoms with van der Waals surface area (Å²) in [6.07, 6.45) is 1.23. The van der Waals surface area contributed by atoms with Crippen LogP contribution < -0.4 is 0 Å². The quantitative estimate of drug-likeness (QED) is 0.803. The molecule has 0 aliphatic rings. The van der Waals surface area contributed by atoms with Gasteiger partial charge in [0.1, 0.15) is 5.78 Å². The Morgan fingerprint density at radius 2 is 2.14 bits per heavy atom. The summed E-state index contributed by atoms with van der Waals surface area (Å²) in [6, 6.07) is 7.92. The monoisotopic (exact) mass is 254 g/mol. The van der Waals surface area contributed by atoms with E-state index in [0.29, 0.717) is 24.5 Å². The first kappa shape index (κ1) is 11.4. The normalized spacial score (nSPS) is 10.6. The molecule has 1 rings (SSSR count). The summed E-state index contributed by atoms with van der Waals surface area (Å²) in [5, 5.41) is 0. The molecule has 2 heteroatoms. The lowest BCUT2D eigenvalue weighted by atomic mass is 10.0. The van der Waals surface area contributed by atoms with E-state index in [2.05, 4.69) is 29.8 Å². The van der Waals surface area contributed by atoms with E-state index in [1.54, 1.807) is 0 Å². The van der Waals surface area contributed by atoms with Crippen LogP contribution in [0.4, 0.5) is 0 Å². The van der Waals surface area contributed by atoms with Gasteiger partial charge in [-0.15, -0.1) is 0 Å². The summed E-state index contributed by atoms with van der Waals surface area (Å²) in [5.74, 6) is 0.771. The first-order valence-electron chi connectivity index (χ1n) is 4.84. The van der Waals surface area contributed by atoms with Gasteiger partial charge in [0.15, 0.2) is 0 Å². The van der Waals surface area contributed by atoms with Crippen molar-refractivity contribution in [1.29, 1.82) is 0 Å². The average molecular weight is 255 g/mol. The Morgan fingerprint density at radius 1 is 1.43 bits per heavy atom. The maximum atomic E-state index is 11.5. The van der Waals surface area contributed by atoms with Crippen LogP contribution in [0.1, 0.15) is 25.8 Å². The molecule has 0 heterocycles. The smallest absolute Gasteiger partial charge is 0.137 e. The van der Waals surface area contributed by atoms with Crippen LogP contribution in [-0.2, 0) is 11.2 Å². The highest BCUT2D eigenvalue weighted by Gasteiger charge is 2.06. The summed E-state index contributed by atoms with van der Waals surface area (Å²) in [4.78, 5) is 11.5. The maximum Gasteiger partial charge on any atom is 0.137 e. The molecule has 0 aliphatic carbocycles. The topological polar surface area (TPSA) is 17.1 Å². The molecule has 0 spiro atoms. The minimum absolute atomic E-state index is 0.318. The third kappa shape index (κ3) is 4.05. The van der Waals surface area contributed by atoms with Crippen LogP contribution in [0.15, 0.2) is 28.7 Å². The molecular formula is C12H15BrO. The zero-order chi connectivity index (χ0) is 10.6. The fourth-order valence-electron chi connectivity index (χ4n) is 1.40. The average Bonchev–Trinajstić information content (AvgIpc) is 2.01. The Hall–Kier alpha value is -0.630. The van der Waals surface area contributed by atoms with E-state index >= 15 is 0 Å². The molecule has 1 nitrogen and oxygen atoms in total. The summed E-state index contributed by atoms with van der Waals surface area (Å²) in [7, 11) is 0. The van der Waals surface area contributed by atoms with Crippen molar-refractivity contribution < 1.29 is 4.79 Å². The zero-order valence-corrected chi connectivity index (χ0v) is 10.2. The Kier molecular flexibility index (Phi) is 4.33. The first-order chi connectivity index (χ1) is 6.58. The summed E-state index contributed by atoms with van der Waals surface area (Å²) in [5.41, 5.74) is 1.09. The van der Waals surface area contributed by atoms with Gasteiger partial charge in [-0.3, -0.25) is 4.79 Å². The second-order valence-corrected chi connectivity index (χ2v) is 4.86. The van der Waals surface area contributed by atoms with Crippen molar-refractivity contribution in [3.63, 3.8) is 0 Å². The van der Waals surface area contributed by atoms with Gasteiger partial charge in [0.25, 0.3) is 0 Å². The molecule has 76 valence electrons. The van der Waals surface area contributed by atoms with Crippen molar-refractivity contribution >= 4 is 21.7 Å². The lowest BCUT2D eigenvalue weighted by Gasteiger charge is -2.04. The molecule has 0 saturated carbocycles. The van der Waals surface area contributed by atoms with Gasteiger partial charge >= 0.3 is 0 Å². The fraction of sp³-hybridized carbons (Fsp3) is 0.417. The van der Waals surface area contributed by atoms with Crippen LogP contribution in [0.2, 0.25) is 0 Å². The minimum Gasteiger partial charge on any atom is -0.299 e. The maximum absolute atomic E-state index is 11.5. The molecule has 0 fully saturated rings. The molecule has 0 atom stereocenters. The zero-order valence-electron chi connectivity index (χ0n) is 8.59. The van der Waals surface area contributed by atoms with Crippen LogP contribution in [0, 0.1) is 5.92 Å². The van der Waals surface area contributed by atoms with Crippen molar-refractivity contribution in [2.75, 3.05) is 0 Å². The van der Waals surface area contributed by atoms with Crippen LogP contribution in [-0.4, -0.2) is 5.78 Å². The van der Waals surface area contributed by atoms with Gasteiger partial charge in [0, 0.05) is 17.3 Å². The van der Waals surface area contributed by atoms with Gasteiger partial charge in [0.2, 0.25) is 0 Å². The number of Topliss-reactive ketones (excluding diaryl/α,β-unsaturated/α-hetero) is 1. The molecule has 14 heavy (non-hydrogen) atoms. The molecule has 0 amide bonds. The summed E-state index contributed by atoms with van der Waals surface area (Å²) < 4.78 is 1.03. The van der Waals surface area contributed by atoms with Crippen molar-refractivity contribution in [1.82, 2.24) is 0 Å². The molecule has 1 aromatic rings. The predicted molar refractivity (Wildman–Crippen MR) is 62.3 cm³/mol. The SMILES string of the molecule is CC(C)CC(=O)Cc1cccc(Br)c1. The second kappa shape index (κ2) is 5.30. The molecule has 0 radical (unpaired) electrons. The molecule has 0 aliphatic heterocycles. The van der Waals surface area contributed by atoms with E-state index in [-0.39, 0.29) is 0 Å². The highest BCUT2D eigenvalue weighted by atomic mass is 79.9. The fourth-order valence-corrected chi connectivity index (χ4v) is 1.85. The molecule has 0 bridgehead atoms. The Bertz CT molecular complexity index is 318. The highest BCUT2D eigenvalue weighted by molar-refractivity contribution is 9.10. The highest BCUT2D eigenvalue weighted by Crippen LogP contribution is 2.13. The third-order valence-corrected chi connectivity index (χ3v) is 2.42. The number of hydrogen-bond acceptors (Lipinski definition) is 1. The van der Waals surface area contributed by atoms with E-state index in [9.17, 15) is 4.79 Å². The van der Waals surface area contributed by atoms with Crippen LogP contribution >= 0.6 is 15.9 Å². The molecule has 1 aromatic carbocycles. The van der Waals surface area contributed by atoms with E-state index in [1.165, 1.54) is 0 Å². The summed E-state index contributed by atoms with van der Waals surface area (Å²) in [6.45, 7) is 4.14. The van der Waals surface area contributed by atoms with Gasteiger partial charge in [-0.25, -0.2) is 0 Å². The number of ketones is 1. The lowest BCUT2D eigenvalue weighted by molar-refractivity contribution is -0.119. The van der Waals surface area contributed by atoms with E-state index < -0.39 is 0 Å². The van der Waals surface area contributed by atoms with Crippen molar-refractivity contribution in [2.24, 2.45) is 5.92 Å². The molecule has 0 saturated heterocycles. The molecular weight excluding hydrogens is 240 g/mol. The number of carbonyl (C=O) groups is 1. The number of benzene rings is 1. The van der Waals surface area contributed by atoms with Crippen LogP contribution in [0.3, 0.4) is 0 Å². The van der Waals surface area contributed by atoms with E-state index in [0.717, 1.165) is 10.0 Å². The second-order valence-electron chi connectivity index (χ2n) is 3.94. The lowest BCUT2D eigenvalue weighted by Crippen LogP contribution is -2.06. The van der Waals surface area contributed by atoms with Gasteiger partial charge in [0.05, 0.1) is 0 Å². The van der Waals surface area contributed by atoms with E-state index in [4.69, 9.17) is 0 Å². The number of rotatable bonds is 4. The first-order valence-corrected chi connectivity index (χ1v) is 5.63. The van der Waals surface area contributed by atoms with Gasteiger partial charge in [-0.2, -0.15) is 0 Å². The molecule has 0 aromatic heterocycles. The van der Waals surface area contributed by atoms with Gasteiger partial charge in [-0.1, -0.05) is 41.9 Å².